The summed E-state index contributed by atoms with van der Waals surface area (Å²) in [7, 11) is 0. The van der Waals surface area contributed by atoms with E-state index >= 15 is 0 Å². The Kier molecular flexibility index (Phi) is 5.74. The molecular weight excluding hydrogens is 340 g/mol. The zero-order valence-electron chi connectivity index (χ0n) is 15.9. The third-order valence-corrected chi connectivity index (χ3v) is 6.18. The van der Waals surface area contributed by atoms with Crippen molar-refractivity contribution in [3.05, 3.63) is 35.9 Å². The summed E-state index contributed by atoms with van der Waals surface area (Å²) in [5.41, 5.74) is 1.31. The molecule has 3 aliphatic rings. The summed E-state index contributed by atoms with van der Waals surface area (Å²) in [6.45, 7) is 4.18. The van der Waals surface area contributed by atoms with Gasteiger partial charge in [0.2, 0.25) is 11.8 Å². The summed E-state index contributed by atoms with van der Waals surface area (Å²) in [4.78, 5) is 29.4. The molecule has 4 rings (SSSR count). The lowest BCUT2D eigenvalue weighted by molar-refractivity contribution is -0.137. The van der Waals surface area contributed by atoms with Crippen LogP contribution >= 0.6 is 0 Å². The highest BCUT2D eigenvalue weighted by atomic mass is 16.2. The number of nitrogens with one attached hydrogen (secondary N) is 2. The number of nitrogens with zero attached hydrogens (tertiary/aromatic N) is 2. The molecule has 1 aliphatic carbocycles. The first kappa shape index (κ1) is 18.4. The van der Waals surface area contributed by atoms with E-state index < -0.39 is 0 Å². The van der Waals surface area contributed by atoms with Crippen molar-refractivity contribution in [2.75, 3.05) is 26.2 Å². The number of carbonyl (C=O) groups is 2. The van der Waals surface area contributed by atoms with Crippen LogP contribution in [-0.4, -0.2) is 65.9 Å². The van der Waals surface area contributed by atoms with Gasteiger partial charge in [0, 0.05) is 44.8 Å². The molecule has 146 valence electrons. The van der Waals surface area contributed by atoms with Crippen molar-refractivity contribution in [2.24, 2.45) is 0 Å². The van der Waals surface area contributed by atoms with Gasteiger partial charge in [-0.05, 0) is 18.4 Å². The summed E-state index contributed by atoms with van der Waals surface area (Å²) >= 11 is 0. The average molecular weight is 370 g/mol. The minimum atomic E-state index is -0.376. The molecule has 0 aromatic heterocycles. The Hall–Kier alpha value is -1.92. The van der Waals surface area contributed by atoms with E-state index in [0.29, 0.717) is 6.04 Å². The number of benzene rings is 1. The lowest BCUT2D eigenvalue weighted by Crippen LogP contribution is -2.65. The fourth-order valence-corrected chi connectivity index (χ4v) is 4.57. The van der Waals surface area contributed by atoms with Gasteiger partial charge in [0.25, 0.3) is 0 Å². The van der Waals surface area contributed by atoms with E-state index in [4.69, 9.17) is 0 Å². The summed E-state index contributed by atoms with van der Waals surface area (Å²) in [5.74, 6) is 0.0884. The van der Waals surface area contributed by atoms with Crippen molar-refractivity contribution in [1.82, 2.24) is 20.4 Å². The van der Waals surface area contributed by atoms with Crippen molar-refractivity contribution in [3.8, 4) is 0 Å². The van der Waals surface area contributed by atoms with Crippen molar-refractivity contribution < 1.29 is 9.59 Å². The van der Waals surface area contributed by atoms with Crippen LogP contribution < -0.4 is 10.6 Å². The monoisotopic (exact) mass is 370 g/mol. The molecule has 0 spiro atoms. The molecule has 0 bridgehead atoms. The Labute approximate surface area is 161 Å². The van der Waals surface area contributed by atoms with Gasteiger partial charge in [-0.25, -0.2) is 0 Å². The number of amides is 2. The van der Waals surface area contributed by atoms with E-state index in [0.717, 1.165) is 45.6 Å². The number of hydrogen-bond donors (Lipinski definition) is 2. The zero-order chi connectivity index (χ0) is 18.6. The fourth-order valence-electron chi connectivity index (χ4n) is 4.57. The molecule has 27 heavy (non-hydrogen) atoms. The normalized spacial score (nSPS) is 29.1. The molecule has 3 atom stereocenters. The second-order valence-electron chi connectivity index (χ2n) is 8.07. The van der Waals surface area contributed by atoms with Gasteiger partial charge in [0.1, 0.15) is 0 Å². The standard InChI is InChI=1S/C21H30N4O2/c26-20(14-19-21(27)23-18-9-5-4-8-17(18)22-19)25-12-10-24(11-13-25)15-16-6-2-1-3-7-16/h1-3,6-7,17-19,22H,4-5,8-15H2,(H,23,27). The van der Waals surface area contributed by atoms with E-state index in [1.54, 1.807) is 0 Å². The second kappa shape index (κ2) is 8.40. The van der Waals surface area contributed by atoms with Crippen LogP contribution in [0.15, 0.2) is 30.3 Å². The number of fused-ring (bicyclic) bond motifs is 1. The van der Waals surface area contributed by atoms with Crippen LogP contribution in [0.3, 0.4) is 0 Å². The maximum absolute atomic E-state index is 12.7. The molecule has 2 aliphatic heterocycles. The minimum absolute atomic E-state index is 0.00536. The summed E-state index contributed by atoms with van der Waals surface area (Å²) in [5, 5.41) is 6.58. The zero-order valence-corrected chi connectivity index (χ0v) is 15.9. The van der Waals surface area contributed by atoms with Gasteiger partial charge in [0.15, 0.2) is 0 Å². The lowest BCUT2D eigenvalue weighted by atomic mass is 9.87. The SMILES string of the molecule is O=C1NC2CCCCC2NC1CC(=O)N1CCN(Cc2ccccc2)CC1. The number of carbonyl (C=O) groups excluding carboxylic acids is 2. The first-order valence-corrected chi connectivity index (χ1v) is 10.3. The molecule has 1 aromatic carbocycles. The smallest absolute Gasteiger partial charge is 0.237 e. The molecule has 2 amide bonds. The van der Waals surface area contributed by atoms with Crippen LogP contribution in [0, 0.1) is 0 Å². The molecule has 3 unspecified atom stereocenters. The quantitative estimate of drug-likeness (QED) is 0.834. The fraction of sp³-hybridized carbons (Fsp3) is 0.619. The van der Waals surface area contributed by atoms with Gasteiger partial charge < -0.3 is 15.5 Å². The molecule has 1 saturated carbocycles. The highest BCUT2D eigenvalue weighted by Crippen LogP contribution is 2.22. The highest BCUT2D eigenvalue weighted by molar-refractivity contribution is 5.89. The van der Waals surface area contributed by atoms with Gasteiger partial charge in [-0.1, -0.05) is 43.2 Å². The lowest BCUT2D eigenvalue weighted by Gasteiger charge is -2.41. The van der Waals surface area contributed by atoms with Crippen LogP contribution in [0.5, 0.6) is 0 Å². The molecule has 6 nitrogen and oxygen atoms in total. The highest BCUT2D eigenvalue weighted by Gasteiger charge is 2.37. The third kappa shape index (κ3) is 4.50. The number of hydrogen-bond acceptors (Lipinski definition) is 4. The Bertz CT molecular complexity index is 657. The van der Waals surface area contributed by atoms with Crippen molar-refractivity contribution in [1.29, 1.82) is 0 Å². The van der Waals surface area contributed by atoms with Crippen LogP contribution in [0.25, 0.3) is 0 Å². The Morgan fingerprint density at radius 2 is 1.70 bits per heavy atom. The topological polar surface area (TPSA) is 64.7 Å². The number of piperazine rings is 2. The summed E-state index contributed by atoms with van der Waals surface area (Å²) in [6, 6.07) is 10.6. The third-order valence-electron chi connectivity index (χ3n) is 6.18. The molecule has 0 radical (unpaired) electrons. The molecule has 2 heterocycles. The Balaban J connectivity index is 1.25. The van der Waals surface area contributed by atoms with Crippen molar-refractivity contribution >= 4 is 11.8 Å². The van der Waals surface area contributed by atoms with E-state index in [2.05, 4.69) is 39.8 Å². The van der Waals surface area contributed by atoms with E-state index in [1.165, 1.54) is 18.4 Å². The van der Waals surface area contributed by atoms with Gasteiger partial charge in [-0.15, -0.1) is 0 Å². The molecule has 2 N–H and O–H groups in total. The van der Waals surface area contributed by atoms with Crippen LogP contribution in [0.4, 0.5) is 0 Å². The molecule has 1 aromatic rings. The minimum Gasteiger partial charge on any atom is -0.350 e. The molecular formula is C21H30N4O2. The van der Waals surface area contributed by atoms with Crippen molar-refractivity contribution in [3.63, 3.8) is 0 Å². The number of rotatable bonds is 4. The van der Waals surface area contributed by atoms with E-state index in [-0.39, 0.29) is 30.3 Å². The largest absolute Gasteiger partial charge is 0.350 e. The van der Waals surface area contributed by atoms with Crippen LogP contribution in [0.2, 0.25) is 0 Å². The predicted octanol–water partition coefficient (Wildman–Crippen LogP) is 1.12. The van der Waals surface area contributed by atoms with E-state index in [1.807, 2.05) is 11.0 Å². The maximum atomic E-state index is 12.7. The molecule has 3 fully saturated rings. The molecule has 6 heteroatoms. The second-order valence-corrected chi connectivity index (χ2v) is 8.07. The Morgan fingerprint density at radius 3 is 2.44 bits per heavy atom. The summed E-state index contributed by atoms with van der Waals surface area (Å²) in [6.07, 6.45) is 4.79. The average Bonchev–Trinajstić information content (AvgIpc) is 2.70. The van der Waals surface area contributed by atoms with Crippen LogP contribution in [0.1, 0.15) is 37.7 Å². The van der Waals surface area contributed by atoms with E-state index in [9.17, 15) is 9.59 Å². The van der Waals surface area contributed by atoms with Gasteiger partial charge in [0.05, 0.1) is 12.5 Å². The van der Waals surface area contributed by atoms with Crippen molar-refractivity contribution in [2.45, 2.75) is 56.8 Å². The first-order valence-electron chi connectivity index (χ1n) is 10.3. The first-order chi connectivity index (χ1) is 13.2. The Morgan fingerprint density at radius 1 is 1.00 bits per heavy atom. The maximum Gasteiger partial charge on any atom is 0.237 e. The summed E-state index contributed by atoms with van der Waals surface area (Å²) < 4.78 is 0. The predicted molar refractivity (Wildman–Crippen MR) is 104 cm³/mol. The van der Waals surface area contributed by atoms with Crippen LogP contribution in [-0.2, 0) is 16.1 Å². The van der Waals surface area contributed by atoms with Gasteiger partial charge in [-0.2, -0.15) is 0 Å². The van der Waals surface area contributed by atoms with Gasteiger partial charge >= 0.3 is 0 Å². The molecule has 2 saturated heterocycles. The van der Waals surface area contributed by atoms with Gasteiger partial charge in [-0.3, -0.25) is 14.5 Å².